The first-order valence-electron chi connectivity index (χ1n) is 19.3. The minimum absolute atomic E-state index is 0.112. The molecule has 0 aliphatic rings. The maximum Gasteiger partial charge on any atom is 0.472 e. The highest BCUT2D eigenvalue weighted by molar-refractivity contribution is 7.47. The van der Waals surface area contributed by atoms with Gasteiger partial charge in [-0.3, -0.25) is 28.2 Å². The van der Waals surface area contributed by atoms with Crippen molar-refractivity contribution in [2.24, 2.45) is 5.73 Å². The van der Waals surface area contributed by atoms with Crippen molar-refractivity contribution >= 4 is 31.5 Å². The summed E-state index contributed by atoms with van der Waals surface area (Å²) in [5.41, 5.74) is 5.31. The number of ether oxygens (including phenoxy) is 2. The molecule has 0 bridgehead atoms. The van der Waals surface area contributed by atoms with Crippen LogP contribution in [-0.4, -0.2) is 65.7 Å². The number of ketones is 1. The van der Waals surface area contributed by atoms with Gasteiger partial charge >= 0.3 is 25.7 Å². The van der Waals surface area contributed by atoms with Crippen molar-refractivity contribution in [3.63, 3.8) is 0 Å². The van der Waals surface area contributed by atoms with Crippen LogP contribution in [0.15, 0.2) is 24.3 Å². The highest BCUT2D eigenvalue weighted by Crippen LogP contribution is 2.43. The Bertz CT molecular complexity index is 1030. The molecule has 0 rings (SSSR count). The Morgan fingerprint density at radius 1 is 0.647 bits per heavy atom. The normalized spacial score (nSPS) is 14.0. The van der Waals surface area contributed by atoms with Crippen LogP contribution in [-0.2, 0) is 42.3 Å². The second-order valence-corrected chi connectivity index (χ2v) is 14.6. The lowest BCUT2D eigenvalue weighted by Gasteiger charge is -2.20. The molecule has 3 atom stereocenters. The number of hydrogen-bond donors (Lipinski definition) is 3. The zero-order chi connectivity index (χ0) is 38.0. The van der Waals surface area contributed by atoms with E-state index in [0.717, 1.165) is 70.6 Å². The lowest BCUT2D eigenvalue weighted by Crippen LogP contribution is -2.34. The number of carbonyl (C=O) groups excluding carboxylic acids is 3. The van der Waals surface area contributed by atoms with Crippen molar-refractivity contribution in [2.75, 3.05) is 19.8 Å². The number of rotatable bonds is 36. The molecule has 0 heterocycles. The first-order chi connectivity index (χ1) is 24.5. The number of phosphoric ester groups is 1. The molecule has 13 heteroatoms. The molecular weight excluding hydrogens is 677 g/mol. The van der Waals surface area contributed by atoms with Gasteiger partial charge in [0.2, 0.25) is 0 Å². The molecule has 0 amide bonds. The third-order valence-corrected chi connectivity index (χ3v) is 9.13. The molecule has 0 aromatic rings. The average Bonchev–Trinajstić information content (AvgIpc) is 3.09. The molecule has 0 saturated carbocycles. The zero-order valence-electron chi connectivity index (χ0n) is 31.4. The molecule has 296 valence electrons. The Morgan fingerprint density at radius 2 is 1.14 bits per heavy atom. The number of unbranched alkanes of at least 4 members (excludes halogenated alkanes) is 17. The average molecular weight is 746 g/mol. The minimum Gasteiger partial charge on any atom is -0.480 e. The summed E-state index contributed by atoms with van der Waals surface area (Å²) in [5, 5.41) is 8.85. The van der Waals surface area contributed by atoms with Gasteiger partial charge in [-0.25, -0.2) is 4.57 Å². The number of carbonyl (C=O) groups is 4. The number of carboxylic acids is 1. The zero-order valence-corrected chi connectivity index (χ0v) is 32.3. The van der Waals surface area contributed by atoms with Gasteiger partial charge in [-0.1, -0.05) is 128 Å². The number of aliphatic carboxylic acids is 1. The van der Waals surface area contributed by atoms with E-state index in [2.05, 4.69) is 18.4 Å². The maximum absolute atomic E-state index is 12.6. The smallest absolute Gasteiger partial charge is 0.472 e. The van der Waals surface area contributed by atoms with Crippen molar-refractivity contribution in [1.82, 2.24) is 0 Å². The molecular formula is C38H68NO11P. The summed E-state index contributed by atoms with van der Waals surface area (Å²) < 4.78 is 32.5. The standard InChI is InChI=1S/C38H68NO11P/c1-3-5-7-8-9-10-11-14-17-20-24-28-36(41)47-30-34(31-48-51(45,46)49-32-35(39)38(43)44)50-37(42)29-25-21-18-15-12-13-16-19-23-27-33(40)26-22-6-4-2/h16,19,23,27,34-35H,3-15,17-18,20-22,24-26,28-32,39H2,1-2H3,(H,43,44)(H,45,46)/b19-16-,27-23+/t34-,35+/m1/s1. The quantitative estimate of drug-likeness (QED) is 0.0182. The Kier molecular flexibility index (Phi) is 31.9. The number of phosphoric acid groups is 1. The molecule has 0 fully saturated rings. The Morgan fingerprint density at radius 3 is 1.73 bits per heavy atom. The molecule has 12 nitrogen and oxygen atoms in total. The molecule has 1 unspecified atom stereocenters. The van der Waals surface area contributed by atoms with Gasteiger partial charge in [0.25, 0.3) is 0 Å². The number of allylic oxidation sites excluding steroid dienone is 4. The summed E-state index contributed by atoms with van der Waals surface area (Å²) in [6.07, 6.45) is 28.0. The molecule has 0 saturated heterocycles. The first-order valence-corrected chi connectivity index (χ1v) is 20.8. The van der Waals surface area contributed by atoms with Gasteiger partial charge in [0.1, 0.15) is 12.6 Å². The predicted octanol–water partition coefficient (Wildman–Crippen LogP) is 8.68. The Labute approximate surface area is 306 Å². The second-order valence-electron chi connectivity index (χ2n) is 13.1. The Hall–Kier alpha value is -2.37. The summed E-state index contributed by atoms with van der Waals surface area (Å²) >= 11 is 0. The van der Waals surface area contributed by atoms with Crippen molar-refractivity contribution in [3.05, 3.63) is 24.3 Å². The fourth-order valence-electron chi connectivity index (χ4n) is 5.05. The van der Waals surface area contributed by atoms with Crippen LogP contribution in [0.2, 0.25) is 0 Å². The summed E-state index contributed by atoms with van der Waals surface area (Å²) in [6.45, 7) is 2.58. The molecule has 4 N–H and O–H groups in total. The fraction of sp³-hybridized carbons (Fsp3) is 0.789. The van der Waals surface area contributed by atoms with Crippen LogP contribution in [0.4, 0.5) is 0 Å². The van der Waals surface area contributed by atoms with E-state index < -0.39 is 51.1 Å². The Balaban J connectivity index is 4.50. The third kappa shape index (κ3) is 33.2. The van der Waals surface area contributed by atoms with Crippen LogP contribution in [0.25, 0.3) is 0 Å². The van der Waals surface area contributed by atoms with Crippen LogP contribution in [0.3, 0.4) is 0 Å². The van der Waals surface area contributed by atoms with Crippen molar-refractivity contribution in [2.45, 2.75) is 174 Å². The largest absolute Gasteiger partial charge is 0.480 e. The molecule has 51 heavy (non-hydrogen) atoms. The van der Waals surface area contributed by atoms with Gasteiger partial charge in [-0.05, 0) is 38.2 Å². The van der Waals surface area contributed by atoms with E-state index in [0.29, 0.717) is 19.3 Å². The van der Waals surface area contributed by atoms with Crippen molar-refractivity contribution in [3.8, 4) is 0 Å². The molecule has 0 spiro atoms. The van der Waals surface area contributed by atoms with E-state index in [-0.39, 0.29) is 25.2 Å². The summed E-state index contributed by atoms with van der Waals surface area (Å²) in [6, 6.07) is -1.53. The summed E-state index contributed by atoms with van der Waals surface area (Å²) in [5.74, 6) is -2.30. The highest BCUT2D eigenvalue weighted by atomic mass is 31.2. The minimum atomic E-state index is -4.73. The highest BCUT2D eigenvalue weighted by Gasteiger charge is 2.28. The summed E-state index contributed by atoms with van der Waals surface area (Å²) in [4.78, 5) is 57.4. The van der Waals surface area contributed by atoms with Crippen molar-refractivity contribution in [1.29, 1.82) is 0 Å². The number of nitrogens with two attached hydrogens (primary N) is 1. The van der Waals surface area contributed by atoms with E-state index in [1.807, 2.05) is 12.2 Å². The maximum atomic E-state index is 12.6. The monoisotopic (exact) mass is 745 g/mol. The number of carboxylic acid groups (broad SMARTS) is 1. The SMILES string of the molecule is CCCCCCCCCCCCCC(=O)OC[C@H](COP(=O)(O)OC[C@H](N)C(=O)O)OC(=O)CCCCCCC/C=C\C=C\C(=O)CCCCC. The molecule has 0 aliphatic heterocycles. The predicted molar refractivity (Wildman–Crippen MR) is 199 cm³/mol. The van der Waals surface area contributed by atoms with Crippen LogP contribution in [0.5, 0.6) is 0 Å². The van der Waals surface area contributed by atoms with E-state index >= 15 is 0 Å². The van der Waals surface area contributed by atoms with Gasteiger partial charge in [-0.15, -0.1) is 0 Å². The van der Waals surface area contributed by atoms with Crippen LogP contribution in [0.1, 0.15) is 162 Å². The van der Waals surface area contributed by atoms with E-state index in [1.165, 1.54) is 44.9 Å². The van der Waals surface area contributed by atoms with Gasteiger partial charge < -0.3 is 25.2 Å². The number of esters is 2. The van der Waals surface area contributed by atoms with Gasteiger partial charge in [0.15, 0.2) is 11.9 Å². The van der Waals surface area contributed by atoms with E-state index in [1.54, 1.807) is 12.2 Å². The fourth-order valence-corrected chi connectivity index (χ4v) is 5.82. The molecule has 0 radical (unpaired) electrons. The van der Waals surface area contributed by atoms with Crippen LogP contribution < -0.4 is 5.73 Å². The molecule has 0 aliphatic carbocycles. The topological polar surface area (TPSA) is 189 Å². The van der Waals surface area contributed by atoms with E-state index in [9.17, 15) is 28.6 Å². The van der Waals surface area contributed by atoms with Gasteiger partial charge in [-0.2, -0.15) is 0 Å². The lowest BCUT2D eigenvalue weighted by molar-refractivity contribution is -0.161. The van der Waals surface area contributed by atoms with Crippen molar-refractivity contribution < 1.29 is 52.3 Å². The molecule has 0 aromatic heterocycles. The van der Waals surface area contributed by atoms with Gasteiger partial charge in [0.05, 0.1) is 13.2 Å². The lowest BCUT2D eigenvalue weighted by atomic mass is 10.1. The first kappa shape index (κ1) is 48.6. The molecule has 0 aromatic carbocycles. The van der Waals surface area contributed by atoms with Crippen LogP contribution >= 0.6 is 7.82 Å². The number of hydrogen-bond acceptors (Lipinski definition) is 10. The van der Waals surface area contributed by atoms with Gasteiger partial charge in [0, 0.05) is 19.3 Å². The summed E-state index contributed by atoms with van der Waals surface area (Å²) in [7, 11) is -4.73. The van der Waals surface area contributed by atoms with E-state index in [4.69, 9.17) is 24.8 Å². The van der Waals surface area contributed by atoms with Crippen LogP contribution in [0, 0.1) is 0 Å². The third-order valence-electron chi connectivity index (χ3n) is 8.18. The second kappa shape index (κ2) is 33.5.